The third-order valence-electron chi connectivity index (χ3n) is 2.70. The van der Waals surface area contributed by atoms with Gasteiger partial charge in [-0.25, -0.2) is 9.37 Å². The molecule has 0 aliphatic heterocycles. The number of aromatic amines is 1. The van der Waals surface area contributed by atoms with Crippen LogP contribution in [0.2, 0.25) is 0 Å². The molecule has 0 saturated heterocycles. The van der Waals surface area contributed by atoms with Crippen molar-refractivity contribution < 1.29 is 9.13 Å². The van der Waals surface area contributed by atoms with Gasteiger partial charge in [-0.1, -0.05) is 0 Å². The van der Waals surface area contributed by atoms with Crippen LogP contribution in [0.25, 0.3) is 0 Å². The second-order valence-electron chi connectivity index (χ2n) is 4.75. The van der Waals surface area contributed by atoms with Gasteiger partial charge in [0, 0.05) is 37.5 Å². The van der Waals surface area contributed by atoms with Crippen molar-refractivity contribution in [2.45, 2.75) is 26.4 Å². The Morgan fingerprint density at radius 3 is 2.90 bits per heavy atom. The maximum atomic E-state index is 13.7. The van der Waals surface area contributed by atoms with Crippen LogP contribution < -0.4 is 15.8 Å². The first-order valence-corrected chi connectivity index (χ1v) is 6.54. The van der Waals surface area contributed by atoms with Gasteiger partial charge < -0.3 is 20.8 Å². The van der Waals surface area contributed by atoms with Crippen molar-refractivity contribution >= 4 is 11.4 Å². The van der Waals surface area contributed by atoms with E-state index in [0.29, 0.717) is 17.9 Å². The normalized spacial score (nSPS) is 10.8. The lowest BCUT2D eigenvalue weighted by atomic mass is 10.2. The number of hydrogen-bond donors (Lipinski definition) is 3. The van der Waals surface area contributed by atoms with Gasteiger partial charge in [0.15, 0.2) is 11.6 Å². The molecule has 5 nitrogen and oxygen atoms in total. The zero-order valence-corrected chi connectivity index (χ0v) is 11.6. The quantitative estimate of drug-likeness (QED) is 0.710. The van der Waals surface area contributed by atoms with Crippen molar-refractivity contribution in [2.75, 3.05) is 17.6 Å². The number of aromatic nitrogens is 2. The molecular formula is C14H19FN4O. The fraction of sp³-hybridized carbons (Fsp3) is 0.357. The minimum atomic E-state index is -0.451. The lowest BCUT2D eigenvalue weighted by Gasteiger charge is -2.14. The third-order valence-corrected chi connectivity index (χ3v) is 2.70. The van der Waals surface area contributed by atoms with Crippen LogP contribution in [-0.2, 0) is 6.42 Å². The maximum Gasteiger partial charge on any atom is 0.167 e. The van der Waals surface area contributed by atoms with E-state index in [1.54, 1.807) is 18.5 Å². The lowest BCUT2D eigenvalue weighted by molar-refractivity contribution is 0.231. The highest BCUT2D eigenvalue weighted by molar-refractivity contribution is 5.68. The Labute approximate surface area is 117 Å². The number of nitrogens with two attached hydrogens (primary N) is 1. The highest BCUT2D eigenvalue weighted by atomic mass is 19.1. The predicted molar refractivity (Wildman–Crippen MR) is 77.4 cm³/mol. The first-order valence-electron chi connectivity index (χ1n) is 6.54. The minimum Gasteiger partial charge on any atom is -0.488 e. The summed E-state index contributed by atoms with van der Waals surface area (Å²) < 4.78 is 19.1. The molecule has 108 valence electrons. The minimum absolute atomic E-state index is 0.0934. The molecule has 0 unspecified atom stereocenters. The number of nitrogens with zero attached hydrogens (tertiary/aromatic N) is 1. The van der Waals surface area contributed by atoms with E-state index in [0.717, 1.165) is 12.2 Å². The molecule has 0 aliphatic carbocycles. The van der Waals surface area contributed by atoms with Gasteiger partial charge in [0.05, 0.1) is 17.5 Å². The average Bonchev–Trinajstić information content (AvgIpc) is 2.87. The van der Waals surface area contributed by atoms with Gasteiger partial charge in [-0.3, -0.25) is 0 Å². The number of nitrogens with one attached hydrogen (secondary N) is 2. The van der Waals surface area contributed by atoms with Gasteiger partial charge in [0.25, 0.3) is 0 Å². The molecule has 0 spiro atoms. The van der Waals surface area contributed by atoms with Crippen molar-refractivity contribution in [3.63, 3.8) is 0 Å². The highest BCUT2D eigenvalue weighted by Gasteiger charge is 2.10. The number of nitrogen functional groups attached to an aromatic ring is 1. The first kappa shape index (κ1) is 14.2. The number of benzene rings is 1. The average molecular weight is 278 g/mol. The number of hydrogen-bond acceptors (Lipinski definition) is 4. The number of halogens is 1. The summed E-state index contributed by atoms with van der Waals surface area (Å²) in [5, 5.41) is 3.16. The zero-order chi connectivity index (χ0) is 14.5. The van der Waals surface area contributed by atoms with E-state index in [2.05, 4.69) is 15.3 Å². The highest BCUT2D eigenvalue weighted by Crippen LogP contribution is 2.28. The Morgan fingerprint density at radius 1 is 1.45 bits per heavy atom. The summed E-state index contributed by atoms with van der Waals surface area (Å²) in [5.41, 5.74) is 6.82. The molecule has 6 heteroatoms. The second-order valence-corrected chi connectivity index (χ2v) is 4.75. The molecule has 1 heterocycles. The Kier molecular flexibility index (Phi) is 4.45. The SMILES string of the molecule is CC(C)Oc1cc(NCCc2ncc[nH]2)c(N)cc1F. The third kappa shape index (κ3) is 3.63. The van der Waals surface area contributed by atoms with Crippen molar-refractivity contribution in [1.82, 2.24) is 9.97 Å². The number of ether oxygens (including phenoxy) is 1. The molecule has 0 bridgehead atoms. The van der Waals surface area contributed by atoms with Crippen molar-refractivity contribution in [1.29, 1.82) is 0 Å². The van der Waals surface area contributed by atoms with Crippen LogP contribution in [-0.4, -0.2) is 22.6 Å². The topological polar surface area (TPSA) is 76.0 Å². The van der Waals surface area contributed by atoms with E-state index in [1.165, 1.54) is 6.07 Å². The Balaban J connectivity index is 2.02. The molecule has 0 radical (unpaired) electrons. The van der Waals surface area contributed by atoms with Crippen LogP contribution in [0.4, 0.5) is 15.8 Å². The van der Waals surface area contributed by atoms with Crippen LogP contribution in [0.1, 0.15) is 19.7 Å². The molecule has 0 amide bonds. The largest absolute Gasteiger partial charge is 0.488 e. The molecular weight excluding hydrogens is 259 g/mol. The van der Waals surface area contributed by atoms with Crippen LogP contribution in [0.15, 0.2) is 24.5 Å². The van der Waals surface area contributed by atoms with E-state index in [9.17, 15) is 4.39 Å². The van der Waals surface area contributed by atoms with E-state index < -0.39 is 5.82 Å². The predicted octanol–water partition coefficient (Wildman–Crippen LogP) is 2.57. The number of anilines is 2. The fourth-order valence-electron chi connectivity index (χ4n) is 1.82. The maximum absolute atomic E-state index is 13.7. The second kappa shape index (κ2) is 6.27. The van der Waals surface area contributed by atoms with Crippen LogP contribution in [0, 0.1) is 5.82 Å². The van der Waals surface area contributed by atoms with Gasteiger partial charge >= 0.3 is 0 Å². The summed E-state index contributed by atoms with van der Waals surface area (Å²) in [4.78, 5) is 7.15. The first-order chi connectivity index (χ1) is 9.56. The molecule has 2 aromatic rings. The number of rotatable bonds is 6. The summed E-state index contributed by atoms with van der Waals surface area (Å²) >= 11 is 0. The van der Waals surface area contributed by atoms with E-state index >= 15 is 0 Å². The van der Waals surface area contributed by atoms with E-state index in [4.69, 9.17) is 10.5 Å². The van der Waals surface area contributed by atoms with Crippen LogP contribution in [0.5, 0.6) is 5.75 Å². The molecule has 0 saturated carbocycles. The van der Waals surface area contributed by atoms with Crippen LogP contribution >= 0.6 is 0 Å². The Bertz CT molecular complexity index is 555. The number of H-pyrrole nitrogens is 1. The van der Waals surface area contributed by atoms with E-state index in [-0.39, 0.29) is 11.9 Å². The molecule has 1 aromatic heterocycles. The number of imidazole rings is 1. The Hall–Kier alpha value is -2.24. The van der Waals surface area contributed by atoms with Gasteiger partial charge in [-0.15, -0.1) is 0 Å². The van der Waals surface area contributed by atoms with Gasteiger partial charge in [-0.05, 0) is 13.8 Å². The monoisotopic (exact) mass is 278 g/mol. The van der Waals surface area contributed by atoms with Crippen molar-refractivity contribution in [3.8, 4) is 5.75 Å². The lowest BCUT2D eigenvalue weighted by Crippen LogP contribution is -2.11. The molecule has 0 aliphatic rings. The van der Waals surface area contributed by atoms with Gasteiger partial charge in [0.1, 0.15) is 5.82 Å². The summed E-state index contributed by atoms with van der Waals surface area (Å²) in [5.74, 6) is 0.638. The molecule has 2 rings (SSSR count). The Morgan fingerprint density at radius 2 is 2.25 bits per heavy atom. The fourth-order valence-corrected chi connectivity index (χ4v) is 1.82. The zero-order valence-electron chi connectivity index (χ0n) is 11.6. The van der Waals surface area contributed by atoms with Crippen molar-refractivity contribution in [3.05, 3.63) is 36.2 Å². The molecule has 0 fully saturated rings. The standard InChI is InChI=1S/C14H19FN4O/c1-9(2)20-13-8-12(11(16)7-10(13)15)17-4-3-14-18-5-6-19-14/h5-9,17H,3-4,16H2,1-2H3,(H,18,19). The van der Waals surface area contributed by atoms with Crippen molar-refractivity contribution in [2.24, 2.45) is 0 Å². The van der Waals surface area contributed by atoms with Crippen LogP contribution in [0.3, 0.4) is 0 Å². The molecule has 4 N–H and O–H groups in total. The van der Waals surface area contributed by atoms with Gasteiger partial charge in [-0.2, -0.15) is 0 Å². The summed E-state index contributed by atoms with van der Waals surface area (Å²) in [6.07, 6.45) is 4.11. The summed E-state index contributed by atoms with van der Waals surface area (Å²) in [6.45, 7) is 4.34. The van der Waals surface area contributed by atoms with Gasteiger partial charge in [0.2, 0.25) is 0 Å². The molecule has 20 heavy (non-hydrogen) atoms. The summed E-state index contributed by atoms with van der Waals surface area (Å²) in [7, 11) is 0. The van der Waals surface area contributed by atoms with E-state index in [1.807, 2.05) is 13.8 Å². The molecule has 0 atom stereocenters. The summed E-state index contributed by atoms with van der Waals surface area (Å²) in [6, 6.07) is 2.86. The molecule has 1 aromatic carbocycles. The smallest absolute Gasteiger partial charge is 0.167 e.